The van der Waals surface area contributed by atoms with Crippen molar-refractivity contribution in [2.24, 2.45) is 16.5 Å². The number of pyridine rings is 1. The maximum Gasteiger partial charge on any atom is 0.433 e. The Hall–Kier alpha value is -5.65. The molecule has 0 aliphatic carbocycles. The van der Waals surface area contributed by atoms with Crippen LogP contribution in [0.2, 0.25) is 0 Å². The summed E-state index contributed by atoms with van der Waals surface area (Å²) in [6.45, 7) is 0.917. The molecule has 2 atom stereocenters. The Kier molecular flexibility index (Phi) is 12.7. The average Bonchev–Trinajstić information content (AvgIpc) is 3.59. The first-order valence-electron chi connectivity index (χ1n) is 16.1. The number of anilines is 1. The number of aliphatic carboxylic acids is 1. The lowest BCUT2D eigenvalue weighted by Crippen LogP contribution is -2.44. The molecule has 1 fully saturated rings. The predicted molar refractivity (Wildman–Crippen MR) is 181 cm³/mol. The van der Waals surface area contributed by atoms with E-state index in [1.807, 2.05) is 12.1 Å². The van der Waals surface area contributed by atoms with E-state index in [0.29, 0.717) is 49.9 Å². The van der Waals surface area contributed by atoms with Crippen LogP contribution in [-0.4, -0.2) is 65.6 Å². The monoisotopic (exact) mass is 692 g/mol. The van der Waals surface area contributed by atoms with E-state index in [-0.39, 0.29) is 49.1 Å². The molecule has 1 aliphatic rings. The normalized spacial score (nSPS) is 14.8. The van der Waals surface area contributed by atoms with Gasteiger partial charge in [0.05, 0.1) is 11.6 Å². The summed E-state index contributed by atoms with van der Waals surface area (Å²) in [5, 5.41) is 23.8. The second-order valence-corrected chi connectivity index (χ2v) is 11.9. The lowest BCUT2D eigenvalue weighted by molar-refractivity contribution is -0.142. The molecule has 0 bridgehead atoms. The van der Waals surface area contributed by atoms with Gasteiger partial charge in [0.1, 0.15) is 23.6 Å². The fraction of sp³-hybridized carbons (Fsp3) is 0.371. The van der Waals surface area contributed by atoms with Crippen molar-refractivity contribution in [3.8, 4) is 17.2 Å². The van der Waals surface area contributed by atoms with E-state index in [1.54, 1.807) is 47.4 Å². The third-order valence-corrected chi connectivity index (χ3v) is 8.25. The topological polar surface area (TPSA) is 200 Å². The summed E-state index contributed by atoms with van der Waals surface area (Å²) in [4.78, 5) is 46.5. The van der Waals surface area contributed by atoms with Gasteiger partial charge in [-0.2, -0.15) is 18.4 Å². The molecule has 4 rings (SSSR count). The number of nitrogens with two attached hydrogens (primary N) is 2. The molecule has 3 aromatic rings. The Balaban J connectivity index is 1.40. The van der Waals surface area contributed by atoms with Crippen LogP contribution < -0.4 is 27.0 Å². The van der Waals surface area contributed by atoms with Crippen LogP contribution in [-0.2, 0) is 33.4 Å². The fourth-order valence-corrected chi connectivity index (χ4v) is 5.63. The van der Waals surface area contributed by atoms with Crippen molar-refractivity contribution in [1.29, 1.82) is 5.26 Å². The number of nitriles is 1. The zero-order valence-electron chi connectivity index (χ0n) is 27.2. The molecule has 0 radical (unpaired) electrons. The number of rotatable bonds is 15. The quantitative estimate of drug-likeness (QED) is 0.0898. The molecule has 264 valence electrons. The number of carbonyl (C=O) groups excluding carboxylic acids is 2. The van der Waals surface area contributed by atoms with Gasteiger partial charge in [0.25, 0.3) is 0 Å². The van der Waals surface area contributed by atoms with E-state index in [0.717, 1.165) is 17.2 Å². The number of benzene rings is 2. The van der Waals surface area contributed by atoms with E-state index in [9.17, 15) is 32.7 Å². The molecular weight excluding hydrogens is 653 g/mol. The van der Waals surface area contributed by atoms with Crippen LogP contribution in [0.5, 0.6) is 0 Å². The van der Waals surface area contributed by atoms with Crippen LogP contribution in [0.15, 0.2) is 65.7 Å². The number of amides is 2. The molecule has 1 aromatic heterocycles. The van der Waals surface area contributed by atoms with Gasteiger partial charge in [0.15, 0.2) is 5.96 Å². The Morgan fingerprint density at radius 3 is 2.36 bits per heavy atom. The van der Waals surface area contributed by atoms with Gasteiger partial charge in [0, 0.05) is 26.1 Å². The number of guanidine groups is 1. The predicted octanol–water partition coefficient (Wildman–Crippen LogP) is 3.52. The highest BCUT2D eigenvalue weighted by molar-refractivity contribution is 5.86. The van der Waals surface area contributed by atoms with Crippen LogP contribution in [0.1, 0.15) is 54.5 Å². The van der Waals surface area contributed by atoms with Crippen LogP contribution in [0.25, 0.3) is 11.1 Å². The molecule has 1 saturated heterocycles. The van der Waals surface area contributed by atoms with Crippen molar-refractivity contribution >= 4 is 29.6 Å². The molecule has 7 N–H and O–H groups in total. The van der Waals surface area contributed by atoms with Gasteiger partial charge >= 0.3 is 12.1 Å². The van der Waals surface area contributed by atoms with Crippen LogP contribution in [0.4, 0.5) is 19.0 Å². The Labute approximate surface area is 287 Å². The second kappa shape index (κ2) is 17.1. The number of hydrogen-bond donors (Lipinski definition) is 5. The molecule has 1 aliphatic heterocycles. The molecule has 15 heteroatoms. The number of aryl methyl sites for hydroxylation is 1. The minimum atomic E-state index is -4.73. The van der Waals surface area contributed by atoms with E-state index in [1.165, 1.54) is 0 Å². The number of aliphatic imine (C=N–C) groups is 1. The summed E-state index contributed by atoms with van der Waals surface area (Å²) in [6.07, 6.45) is -2.36. The maximum absolute atomic E-state index is 14.0. The number of aromatic nitrogens is 1. The number of nitrogens with one attached hydrogen (secondary N) is 2. The highest BCUT2D eigenvalue weighted by Gasteiger charge is 2.36. The van der Waals surface area contributed by atoms with Crippen molar-refractivity contribution in [3.63, 3.8) is 0 Å². The lowest BCUT2D eigenvalue weighted by Gasteiger charge is -2.26. The van der Waals surface area contributed by atoms with Crippen molar-refractivity contribution in [2.45, 2.75) is 63.2 Å². The number of carboxylic acid groups (broad SMARTS) is 1. The standard InChI is InChI=1S/C35H39F3N8O4/c36-35(37,38)29-19-26(25-12-9-22(10-13-25)11-14-31(47)44-27(33(49)50)3-1-16-43-34(40)41)20-30(45-29)46-18-2-4-28(46)32(48)42-17-15-23-5-7-24(21-39)8-6-23/h5-10,12-13,19-20,27-28H,1-4,11,14-18H2,(H,42,48)(H,44,47)(H,49,50)(H4,40,41,43). The molecule has 50 heavy (non-hydrogen) atoms. The molecule has 2 unspecified atom stereocenters. The van der Waals surface area contributed by atoms with Crippen molar-refractivity contribution in [1.82, 2.24) is 15.6 Å². The highest BCUT2D eigenvalue weighted by Crippen LogP contribution is 2.35. The van der Waals surface area contributed by atoms with Gasteiger partial charge in [0.2, 0.25) is 11.8 Å². The summed E-state index contributed by atoms with van der Waals surface area (Å²) < 4.78 is 42.0. The zero-order valence-corrected chi connectivity index (χ0v) is 27.2. The first-order chi connectivity index (χ1) is 23.8. The minimum Gasteiger partial charge on any atom is -0.480 e. The first kappa shape index (κ1) is 37.2. The number of alkyl halides is 3. The molecule has 2 heterocycles. The lowest BCUT2D eigenvalue weighted by atomic mass is 10.0. The summed E-state index contributed by atoms with van der Waals surface area (Å²) in [5.41, 5.74) is 12.4. The van der Waals surface area contributed by atoms with Gasteiger partial charge < -0.3 is 32.1 Å². The van der Waals surface area contributed by atoms with Crippen LogP contribution >= 0.6 is 0 Å². The number of halogens is 3. The van der Waals surface area contributed by atoms with E-state index in [2.05, 4.69) is 26.7 Å². The van der Waals surface area contributed by atoms with Gasteiger partial charge in [-0.25, -0.2) is 9.78 Å². The molecule has 2 aromatic carbocycles. The summed E-state index contributed by atoms with van der Waals surface area (Å²) >= 11 is 0. The Morgan fingerprint density at radius 1 is 1.04 bits per heavy atom. The molecular formula is C35H39F3N8O4. The third-order valence-electron chi connectivity index (χ3n) is 8.25. The van der Waals surface area contributed by atoms with Gasteiger partial charge in [-0.3, -0.25) is 14.6 Å². The number of carboxylic acids is 1. The summed E-state index contributed by atoms with van der Waals surface area (Å²) in [7, 11) is 0. The molecule has 0 saturated carbocycles. The van der Waals surface area contributed by atoms with Gasteiger partial charge in [-0.1, -0.05) is 36.4 Å². The number of carbonyl (C=O) groups is 3. The van der Waals surface area contributed by atoms with Gasteiger partial charge in [-0.15, -0.1) is 0 Å². The fourth-order valence-electron chi connectivity index (χ4n) is 5.63. The van der Waals surface area contributed by atoms with Crippen molar-refractivity contribution in [3.05, 3.63) is 83.0 Å². The van der Waals surface area contributed by atoms with E-state index >= 15 is 0 Å². The Bertz CT molecular complexity index is 1720. The number of nitrogens with zero attached hydrogens (tertiary/aromatic N) is 4. The highest BCUT2D eigenvalue weighted by atomic mass is 19.4. The summed E-state index contributed by atoms with van der Waals surface area (Å²) in [5.74, 6) is -2.00. The van der Waals surface area contributed by atoms with Gasteiger partial charge in [-0.05, 0) is 85.0 Å². The largest absolute Gasteiger partial charge is 0.480 e. The second-order valence-electron chi connectivity index (χ2n) is 11.9. The van der Waals surface area contributed by atoms with E-state index < -0.39 is 35.8 Å². The summed E-state index contributed by atoms with van der Waals surface area (Å²) in [6, 6.07) is 16.5. The smallest absolute Gasteiger partial charge is 0.433 e. The number of hydrogen-bond acceptors (Lipinski definition) is 7. The minimum absolute atomic E-state index is 0.000536. The average molecular weight is 693 g/mol. The van der Waals surface area contributed by atoms with Crippen molar-refractivity contribution < 1.29 is 32.7 Å². The first-order valence-corrected chi connectivity index (χ1v) is 16.1. The third kappa shape index (κ3) is 10.7. The van der Waals surface area contributed by atoms with Crippen molar-refractivity contribution in [2.75, 3.05) is 24.5 Å². The molecule has 0 spiro atoms. The molecule has 12 nitrogen and oxygen atoms in total. The SMILES string of the molecule is N#Cc1ccc(CCNC(=O)C2CCCN2c2cc(-c3ccc(CCC(=O)NC(CCCN=C(N)N)C(=O)O)cc3)cc(C(F)(F)F)n2)cc1. The van der Waals surface area contributed by atoms with E-state index in [4.69, 9.17) is 16.7 Å². The Morgan fingerprint density at radius 2 is 1.72 bits per heavy atom. The van der Waals surface area contributed by atoms with Crippen LogP contribution in [0, 0.1) is 11.3 Å². The zero-order chi connectivity index (χ0) is 36.3. The maximum atomic E-state index is 14.0. The van der Waals surface area contributed by atoms with Crippen LogP contribution in [0.3, 0.4) is 0 Å². The molecule has 2 amide bonds.